The second-order valence-corrected chi connectivity index (χ2v) is 10.8. The third-order valence-electron chi connectivity index (χ3n) is 7.72. The fourth-order valence-electron chi connectivity index (χ4n) is 5.61. The van der Waals surface area contributed by atoms with E-state index in [-0.39, 0.29) is 28.9 Å². The van der Waals surface area contributed by atoms with Crippen LogP contribution in [0, 0.1) is 5.82 Å². The third kappa shape index (κ3) is 5.37. The Bertz CT molecular complexity index is 1920. The van der Waals surface area contributed by atoms with E-state index in [9.17, 15) is 14.0 Å². The van der Waals surface area contributed by atoms with Gasteiger partial charge in [-0.05, 0) is 59.5 Å². The summed E-state index contributed by atoms with van der Waals surface area (Å²) < 4.78 is 14.7. The number of benzene rings is 3. The molecule has 0 saturated carbocycles. The fourth-order valence-corrected chi connectivity index (χ4v) is 5.78. The summed E-state index contributed by atoms with van der Waals surface area (Å²) in [5.74, 6) is -0.764. The first-order valence-electron chi connectivity index (χ1n) is 14.0. The minimum atomic E-state index is -0.977. The van der Waals surface area contributed by atoms with Crippen molar-refractivity contribution in [3.05, 3.63) is 126 Å². The van der Waals surface area contributed by atoms with Crippen molar-refractivity contribution in [3.63, 3.8) is 0 Å². The smallest absolute Gasteiger partial charge is 0.273 e. The van der Waals surface area contributed by atoms with Crippen molar-refractivity contribution in [2.45, 2.75) is 12.5 Å². The monoisotopic (exact) mass is 621 g/mol. The molecule has 1 atom stereocenters. The van der Waals surface area contributed by atoms with E-state index < -0.39 is 17.8 Å². The zero-order chi connectivity index (χ0) is 30.9. The predicted octanol–water partition coefficient (Wildman–Crippen LogP) is 4.76. The van der Waals surface area contributed by atoms with E-state index in [1.165, 1.54) is 34.6 Å². The molecule has 4 heterocycles. The summed E-state index contributed by atoms with van der Waals surface area (Å²) in [6.07, 6.45) is 10.2. The number of carbonyl (C=O) groups is 2. The Morgan fingerprint density at radius 2 is 1.80 bits per heavy atom. The van der Waals surface area contributed by atoms with Crippen LogP contribution < -0.4 is 21.3 Å². The van der Waals surface area contributed by atoms with Crippen LogP contribution in [0.15, 0.2) is 104 Å². The van der Waals surface area contributed by atoms with Gasteiger partial charge >= 0.3 is 0 Å². The molecule has 2 amide bonds. The van der Waals surface area contributed by atoms with Crippen LogP contribution in [0.25, 0.3) is 22.5 Å². The Morgan fingerprint density at radius 3 is 2.58 bits per heavy atom. The van der Waals surface area contributed by atoms with Gasteiger partial charge < -0.3 is 15.2 Å². The Labute approximate surface area is 261 Å². The molecule has 0 unspecified atom stereocenters. The van der Waals surface area contributed by atoms with Gasteiger partial charge in [-0.15, -0.1) is 5.53 Å². The molecule has 4 N–H and O–H groups in total. The van der Waals surface area contributed by atoms with Crippen LogP contribution in [0.5, 0.6) is 0 Å². The summed E-state index contributed by atoms with van der Waals surface area (Å²) in [6, 6.07) is 16.5. The number of aromatic nitrogens is 4. The Hall–Kier alpha value is -5.59. The van der Waals surface area contributed by atoms with E-state index in [2.05, 4.69) is 36.2 Å². The molecule has 5 aromatic rings. The number of halogens is 2. The molecule has 0 spiro atoms. The highest BCUT2D eigenvalue weighted by Crippen LogP contribution is 2.37. The third-order valence-corrected chi connectivity index (χ3v) is 8.01. The minimum Gasteiger partial charge on any atom is -0.345 e. The molecule has 11 nitrogen and oxygen atoms in total. The molecule has 0 bridgehead atoms. The summed E-state index contributed by atoms with van der Waals surface area (Å²) in [5.41, 5.74) is 10.6. The lowest BCUT2D eigenvalue weighted by atomic mass is 9.86. The number of H-pyrrole nitrogens is 1. The first-order valence-corrected chi connectivity index (χ1v) is 14.4. The maximum Gasteiger partial charge on any atom is 0.273 e. The predicted molar refractivity (Wildman–Crippen MR) is 167 cm³/mol. The average Bonchev–Trinajstić information content (AvgIpc) is 3.79. The van der Waals surface area contributed by atoms with Gasteiger partial charge in [-0.25, -0.2) is 19.3 Å². The number of hydrogen-bond acceptors (Lipinski definition) is 8. The fraction of sp³-hybridized carbons (Fsp3) is 0.0938. The molecule has 0 aliphatic carbocycles. The van der Waals surface area contributed by atoms with Crippen molar-refractivity contribution in [2.75, 3.05) is 16.9 Å². The molecule has 0 radical (unpaired) electrons. The average molecular weight is 622 g/mol. The second kappa shape index (κ2) is 11.8. The van der Waals surface area contributed by atoms with Crippen LogP contribution in [0.2, 0.25) is 5.02 Å². The molecule has 45 heavy (non-hydrogen) atoms. The Balaban J connectivity index is 1.23. The number of hydrazine groups is 2. The molecule has 0 fully saturated rings. The van der Waals surface area contributed by atoms with Gasteiger partial charge in [-0.1, -0.05) is 35.9 Å². The lowest BCUT2D eigenvalue weighted by Crippen LogP contribution is -2.48. The molecular formula is C32H25ClFN9O2. The van der Waals surface area contributed by atoms with Crippen molar-refractivity contribution < 1.29 is 14.0 Å². The first-order chi connectivity index (χ1) is 22.0. The summed E-state index contributed by atoms with van der Waals surface area (Å²) in [4.78, 5) is 45.3. The van der Waals surface area contributed by atoms with Crippen molar-refractivity contribution in [1.29, 1.82) is 0 Å². The van der Waals surface area contributed by atoms with Crippen LogP contribution in [-0.4, -0.2) is 43.2 Å². The standard InChI is InChI=1S/C32H25ClFN9O2/c33-25-5-2-6-27(28(25)34)43-17-26(40-41-43)32(45)42-14-11-23-22(20-15-35-18-36-16-20)3-1-4-24(23)29(42)31(44)39-21-9-7-19(8-10-21)30-37-12-13-38-30/h1-10,12-13,15-18,29,40-41H,11,14H2,(H,37,38)(H,39,44)/t29-/m0/s1. The van der Waals surface area contributed by atoms with E-state index in [4.69, 9.17) is 11.6 Å². The number of rotatable bonds is 6. The highest BCUT2D eigenvalue weighted by Gasteiger charge is 2.39. The van der Waals surface area contributed by atoms with Gasteiger partial charge in [-0.2, -0.15) is 0 Å². The number of nitrogens with zero attached hydrogens (tertiary/aromatic N) is 5. The molecule has 2 aliphatic heterocycles. The van der Waals surface area contributed by atoms with Gasteiger partial charge in [0.25, 0.3) is 11.8 Å². The molecule has 2 aliphatic rings. The molecule has 13 heteroatoms. The van der Waals surface area contributed by atoms with Crippen LogP contribution in [0.4, 0.5) is 15.8 Å². The zero-order valence-electron chi connectivity index (χ0n) is 23.5. The number of aromatic amines is 1. The van der Waals surface area contributed by atoms with Crippen LogP contribution >= 0.6 is 11.6 Å². The number of fused-ring (bicyclic) bond motifs is 1. The first kappa shape index (κ1) is 28.2. The number of carbonyl (C=O) groups excluding carboxylic acids is 2. The van der Waals surface area contributed by atoms with E-state index >= 15 is 0 Å². The van der Waals surface area contributed by atoms with E-state index in [1.54, 1.807) is 43.0 Å². The van der Waals surface area contributed by atoms with Crippen LogP contribution in [0.3, 0.4) is 0 Å². The number of amides is 2. The Kier molecular flexibility index (Phi) is 7.41. The zero-order valence-corrected chi connectivity index (χ0v) is 24.3. The largest absolute Gasteiger partial charge is 0.345 e. The maximum atomic E-state index is 14.7. The highest BCUT2D eigenvalue weighted by molar-refractivity contribution is 6.31. The highest BCUT2D eigenvalue weighted by atomic mass is 35.5. The van der Waals surface area contributed by atoms with Crippen molar-refractivity contribution in [2.24, 2.45) is 0 Å². The second-order valence-electron chi connectivity index (χ2n) is 10.4. The van der Waals surface area contributed by atoms with Crippen molar-refractivity contribution in [1.82, 2.24) is 35.8 Å². The lowest BCUT2D eigenvalue weighted by Gasteiger charge is -2.37. The van der Waals surface area contributed by atoms with Gasteiger partial charge in [0.05, 0.1) is 16.9 Å². The van der Waals surface area contributed by atoms with Gasteiger partial charge in [-0.3, -0.25) is 20.0 Å². The van der Waals surface area contributed by atoms with Gasteiger partial charge in [0.1, 0.15) is 23.9 Å². The number of hydrogen-bond donors (Lipinski definition) is 4. The van der Waals surface area contributed by atoms with E-state index in [0.29, 0.717) is 23.5 Å². The number of nitrogens with one attached hydrogen (secondary N) is 4. The summed E-state index contributed by atoms with van der Waals surface area (Å²) >= 11 is 5.97. The molecular weight excluding hydrogens is 597 g/mol. The Morgan fingerprint density at radius 1 is 1.00 bits per heavy atom. The quantitative estimate of drug-likeness (QED) is 0.213. The number of anilines is 2. The van der Waals surface area contributed by atoms with E-state index in [0.717, 1.165) is 22.3 Å². The normalized spacial score (nSPS) is 15.7. The van der Waals surface area contributed by atoms with E-state index in [1.807, 2.05) is 30.3 Å². The molecule has 0 saturated heterocycles. The van der Waals surface area contributed by atoms with Crippen molar-refractivity contribution >= 4 is 34.8 Å². The van der Waals surface area contributed by atoms with Crippen molar-refractivity contribution in [3.8, 4) is 22.5 Å². The summed E-state index contributed by atoms with van der Waals surface area (Å²) in [6.45, 7) is 0.247. The molecule has 224 valence electrons. The summed E-state index contributed by atoms with van der Waals surface area (Å²) in [5, 5.41) is 4.27. The van der Waals surface area contributed by atoms with Crippen LogP contribution in [0.1, 0.15) is 17.2 Å². The van der Waals surface area contributed by atoms with Gasteiger partial charge in [0, 0.05) is 48.1 Å². The topological polar surface area (TPSA) is 131 Å². The maximum absolute atomic E-state index is 14.7. The lowest BCUT2D eigenvalue weighted by molar-refractivity contribution is -0.136. The number of imidazole rings is 1. The summed E-state index contributed by atoms with van der Waals surface area (Å²) in [7, 11) is 0. The SMILES string of the molecule is O=C(Nc1ccc(-c2ncc[nH]2)cc1)[C@@H]1c2cccc(-c3cncnc3)c2CCN1C(=O)C1=CN(c2cccc(Cl)c2F)NN1. The molecule has 2 aromatic heterocycles. The molecule has 7 rings (SSSR count). The van der Waals surface area contributed by atoms with Crippen LogP contribution in [-0.2, 0) is 16.0 Å². The minimum absolute atomic E-state index is 0.0522. The van der Waals surface area contributed by atoms with Gasteiger partial charge in [0.15, 0.2) is 5.82 Å². The van der Waals surface area contributed by atoms with Gasteiger partial charge in [0.2, 0.25) is 0 Å². The molecule has 3 aromatic carbocycles.